The molecule has 2 atom stereocenters. The first-order valence-electron chi connectivity index (χ1n) is 3.53. The zero-order chi connectivity index (χ0) is 8.69. The Morgan fingerprint density at radius 1 is 1.73 bits per heavy atom. The molecule has 0 aliphatic rings. The molecule has 0 saturated carbocycles. The van der Waals surface area contributed by atoms with Crippen molar-refractivity contribution >= 4 is 0 Å². The van der Waals surface area contributed by atoms with Crippen molar-refractivity contribution in [2.24, 2.45) is 0 Å². The molecule has 3 nitrogen and oxygen atoms in total. The molecule has 0 heterocycles. The van der Waals surface area contributed by atoms with E-state index in [1.165, 1.54) is 6.08 Å². The fourth-order valence-electron chi connectivity index (χ4n) is 0.619. The van der Waals surface area contributed by atoms with Crippen LogP contribution >= 0.6 is 0 Å². The summed E-state index contributed by atoms with van der Waals surface area (Å²) >= 11 is 0. The zero-order valence-corrected chi connectivity index (χ0v) is 6.91. The van der Waals surface area contributed by atoms with Crippen LogP contribution in [-0.2, 0) is 9.47 Å². The lowest BCUT2D eigenvalue weighted by molar-refractivity contribution is -0.133. The Bertz CT molecular complexity index is 151. The standard InChI is InChI=1S/C8H13NO2/c1-4-8(6-9)11-7(3)10-5-2/h4,7-8H,1,5H2,2-3H3/t7-,8-/m0/s1. The van der Waals surface area contributed by atoms with E-state index in [2.05, 4.69) is 6.58 Å². The Balaban J connectivity index is 3.64. The van der Waals surface area contributed by atoms with Crippen LogP contribution < -0.4 is 0 Å². The minimum atomic E-state index is -0.573. The monoisotopic (exact) mass is 155 g/mol. The van der Waals surface area contributed by atoms with Gasteiger partial charge in [0.25, 0.3) is 0 Å². The molecule has 0 bridgehead atoms. The Morgan fingerprint density at radius 3 is 2.73 bits per heavy atom. The summed E-state index contributed by atoms with van der Waals surface area (Å²) in [5.41, 5.74) is 0. The molecule has 0 amide bonds. The smallest absolute Gasteiger partial charge is 0.165 e. The maximum absolute atomic E-state index is 8.44. The van der Waals surface area contributed by atoms with Gasteiger partial charge in [-0.3, -0.25) is 0 Å². The molecular formula is C8H13NO2. The average Bonchev–Trinajstić information content (AvgIpc) is 2.01. The van der Waals surface area contributed by atoms with Crippen molar-refractivity contribution in [3.63, 3.8) is 0 Å². The summed E-state index contributed by atoms with van der Waals surface area (Å²) in [6.45, 7) is 7.64. The van der Waals surface area contributed by atoms with E-state index in [0.717, 1.165) is 0 Å². The normalized spacial score (nSPS) is 15.0. The predicted molar refractivity (Wildman–Crippen MR) is 41.8 cm³/mol. The second-order valence-electron chi connectivity index (χ2n) is 1.94. The molecule has 0 unspecified atom stereocenters. The molecule has 0 N–H and O–H groups in total. The highest BCUT2D eigenvalue weighted by Crippen LogP contribution is 1.99. The molecule has 0 aromatic carbocycles. The lowest BCUT2D eigenvalue weighted by Gasteiger charge is -2.13. The Hall–Kier alpha value is -0.850. The largest absolute Gasteiger partial charge is 0.353 e. The maximum Gasteiger partial charge on any atom is 0.165 e. The SMILES string of the molecule is C=C[C@@H](C#N)O[C@@H](C)OCC. The molecular weight excluding hydrogens is 142 g/mol. The van der Waals surface area contributed by atoms with Crippen LogP contribution in [0.2, 0.25) is 0 Å². The quantitative estimate of drug-likeness (QED) is 0.446. The number of hydrogen-bond acceptors (Lipinski definition) is 3. The Kier molecular flexibility index (Phi) is 5.44. The van der Waals surface area contributed by atoms with Crippen molar-refractivity contribution in [3.05, 3.63) is 12.7 Å². The molecule has 0 aromatic heterocycles. The topological polar surface area (TPSA) is 42.2 Å². The minimum Gasteiger partial charge on any atom is -0.353 e. The van der Waals surface area contributed by atoms with Crippen LogP contribution in [0, 0.1) is 11.3 Å². The van der Waals surface area contributed by atoms with E-state index >= 15 is 0 Å². The van der Waals surface area contributed by atoms with Crippen molar-refractivity contribution in [3.8, 4) is 6.07 Å². The molecule has 0 aliphatic heterocycles. The summed E-state index contributed by atoms with van der Waals surface area (Å²) in [5, 5.41) is 8.44. The first kappa shape index (κ1) is 10.2. The molecule has 0 radical (unpaired) electrons. The number of ether oxygens (including phenoxy) is 2. The van der Waals surface area contributed by atoms with Gasteiger partial charge in [0, 0.05) is 6.61 Å². The van der Waals surface area contributed by atoms with Gasteiger partial charge in [-0.05, 0) is 19.9 Å². The van der Waals surface area contributed by atoms with Gasteiger partial charge >= 0.3 is 0 Å². The van der Waals surface area contributed by atoms with Gasteiger partial charge in [0.15, 0.2) is 12.4 Å². The van der Waals surface area contributed by atoms with Crippen molar-refractivity contribution in [2.45, 2.75) is 26.2 Å². The molecule has 62 valence electrons. The molecule has 3 heteroatoms. The van der Waals surface area contributed by atoms with Crippen molar-refractivity contribution in [1.82, 2.24) is 0 Å². The van der Waals surface area contributed by atoms with E-state index < -0.39 is 6.10 Å². The summed E-state index contributed by atoms with van der Waals surface area (Å²) < 4.78 is 10.1. The summed E-state index contributed by atoms with van der Waals surface area (Å²) in [6, 6.07) is 1.92. The summed E-state index contributed by atoms with van der Waals surface area (Å²) in [6.07, 6.45) is 0.523. The highest BCUT2D eigenvalue weighted by Gasteiger charge is 2.07. The Morgan fingerprint density at radius 2 is 2.36 bits per heavy atom. The van der Waals surface area contributed by atoms with E-state index in [1.807, 2.05) is 13.0 Å². The van der Waals surface area contributed by atoms with Crippen LogP contribution in [0.5, 0.6) is 0 Å². The molecule has 0 aliphatic carbocycles. The van der Waals surface area contributed by atoms with E-state index in [-0.39, 0.29) is 6.29 Å². The fraction of sp³-hybridized carbons (Fsp3) is 0.625. The van der Waals surface area contributed by atoms with Crippen LogP contribution in [0.4, 0.5) is 0 Å². The van der Waals surface area contributed by atoms with Crippen molar-refractivity contribution < 1.29 is 9.47 Å². The van der Waals surface area contributed by atoms with Crippen LogP contribution in [0.15, 0.2) is 12.7 Å². The first-order valence-corrected chi connectivity index (χ1v) is 3.53. The number of nitrogens with zero attached hydrogens (tertiary/aromatic N) is 1. The van der Waals surface area contributed by atoms with Crippen LogP contribution in [0.1, 0.15) is 13.8 Å². The summed E-state index contributed by atoms with van der Waals surface area (Å²) in [4.78, 5) is 0. The molecule has 0 saturated heterocycles. The van der Waals surface area contributed by atoms with Gasteiger partial charge < -0.3 is 9.47 Å². The first-order chi connectivity index (χ1) is 5.24. The van der Waals surface area contributed by atoms with E-state index in [0.29, 0.717) is 6.61 Å². The molecule has 0 spiro atoms. The molecule has 0 rings (SSSR count). The lowest BCUT2D eigenvalue weighted by Crippen LogP contribution is -2.19. The van der Waals surface area contributed by atoms with Gasteiger partial charge in [-0.1, -0.05) is 6.58 Å². The van der Waals surface area contributed by atoms with Crippen LogP contribution in [-0.4, -0.2) is 19.0 Å². The second-order valence-corrected chi connectivity index (χ2v) is 1.94. The molecule has 11 heavy (non-hydrogen) atoms. The third-order valence-corrected chi connectivity index (χ3v) is 1.08. The molecule has 0 fully saturated rings. The predicted octanol–water partition coefficient (Wildman–Crippen LogP) is 1.46. The number of hydrogen-bond donors (Lipinski definition) is 0. The fourth-order valence-corrected chi connectivity index (χ4v) is 0.619. The minimum absolute atomic E-state index is 0.345. The van der Waals surface area contributed by atoms with Gasteiger partial charge in [0.05, 0.1) is 6.07 Å². The second kappa shape index (κ2) is 5.90. The van der Waals surface area contributed by atoms with Gasteiger partial charge in [0.1, 0.15) is 0 Å². The zero-order valence-electron chi connectivity index (χ0n) is 6.91. The van der Waals surface area contributed by atoms with Gasteiger partial charge in [-0.2, -0.15) is 5.26 Å². The lowest BCUT2D eigenvalue weighted by atomic mass is 10.4. The van der Waals surface area contributed by atoms with E-state index in [4.69, 9.17) is 14.7 Å². The van der Waals surface area contributed by atoms with Crippen molar-refractivity contribution in [2.75, 3.05) is 6.61 Å². The third-order valence-electron chi connectivity index (χ3n) is 1.08. The van der Waals surface area contributed by atoms with Crippen LogP contribution in [0.25, 0.3) is 0 Å². The Labute approximate surface area is 67.2 Å². The average molecular weight is 155 g/mol. The highest BCUT2D eigenvalue weighted by molar-refractivity contribution is 4.97. The highest BCUT2D eigenvalue weighted by atomic mass is 16.7. The summed E-state index contributed by atoms with van der Waals surface area (Å²) in [5.74, 6) is 0. The number of rotatable bonds is 5. The van der Waals surface area contributed by atoms with Gasteiger partial charge in [0.2, 0.25) is 0 Å². The molecule has 0 aromatic rings. The van der Waals surface area contributed by atoms with E-state index in [9.17, 15) is 0 Å². The summed E-state index contributed by atoms with van der Waals surface area (Å²) in [7, 11) is 0. The maximum atomic E-state index is 8.44. The van der Waals surface area contributed by atoms with E-state index in [1.54, 1.807) is 6.92 Å². The number of nitriles is 1. The van der Waals surface area contributed by atoms with Crippen molar-refractivity contribution in [1.29, 1.82) is 5.26 Å². The van der Waals surface area contributed by atoms with Crippen LogP contribution in [0.3, 0.4) is 0 Å². The van der Waals surface area contributed by atoms with Gasteiger partial charge in [-0.15, -0.1) is 0 Å². The van der Waals surface area contributed by atoms with Gasteiger partial charge in [-0.25, -0.2) is 0 Å². The third kappa shape index (κ3) is 4.54.